The van der Waals surface area contributed by atoms with Crippen LogP contribution in [-0.4, -0.2) is 29.2 Å². The molecule has 1 aliphatic rings. The number of aromatic nitrogens is 1. The van der Waals surface area contributed by atoms with E-state index in [9.17, 15) is 0 Å². The molecule has 0 unspecified atom stereocenters. The van der Waals surface area contributed by atoms with Gasteiger partial charge < -0.3 is 0 Å². The molecule has 0 aliphatic carbocycles. The zero-order valence-corrected chi connectivity index (χ0v) is 14.5. The van der Waals surface area contributed by atoms with Crippen LogP contribution in [0.5, 0.6) is 0 Å². The number of aryl methyl sites for hydroxylation is 1. The van der Waals surface area contributed by atoms with Crippen LogP contribution < -0.4 is 5.43 Å². The van der Waals surface area contributed by atoms with E-state index in [-0.39, 0.29) is 0 Å². The molecule has 0 bridgehead atoms. The summed E-state index contributed by atoms with van der Waals surface area (Å²) in [7, 11) is 0. The number of hydrogen-bond donors (Lipinski definition) is 1. The average Bonchev–Trinajstić information content (AvgIpc) is 2.80. The fraction of sp³-hybridized carbons (Fsp3) is 0.444. The molecule has 122 valence electrons. The summed E-state index contributed by atoms with van der Waals surface area (Å²) in [5, 5.41) is 7.13. The third kappa shape index (κ3) is 5.15. The number of likely N-dealkylation sites (tertiary alicyclic amines) is 1. The van der Waals surface area contributed by atoms with E-state index in [0.717, 1.165) is 22.9 Å². The Morgan fingerprint density at radius 1 is 1.26 bits per heavy atom. The lowest BCUT2D eigenvalue weighted by molar-refractivity contribution is 0.277. The Balaban J connectivity index is 1.58. The van der Waals surface area contributed by atoms with Crippen LogP contribution in [0, 0.1) is 6.92 Å². The minimum absolute atomic E-state index is 0.833. The van der Waals surface area contributed by atoms with Gasteiger partial charge in [-0.1, -0.05) is 31.0 Å². The van der Waals surface area contributed by atoms with Crippen LogP contribution in [0.25, 0.3) is 0 Å². The lowest BCUT2D eigenvalue weighted by Crippen LogP contribution is -2.23. The van der Waals surface area contributed by atoms with Crippen molar-refractivity contribution in [3.63, 3.8) is 0 Å². The predicted molar refractivity (Wildman–Crippen MR) is 98.3 cm³/mol. The lowest BCUT2D eigenvalue weighted by atomic mass is 10.1. The van der Waals surface area contributed by atoms with Gasteiger partial charge in [0.2, 0.25) is 5.13 Å². The summed E-state index contributed by atoms with van der Waals surface area (Å²) in [5.41, 5.74) is 6.50. The predicted octanol–water partition coefficient (Wildman–Crippen LogP) is 4.27. The maximum Gasteiger partial charge on any atom is 0.203 e. The molecule has 0 saturated carbocycles. The highest BCUT2D eigenvalue weighted by molar-refractivity contribution is 7.13. The van der Waals surface area contributed by atoms with E-state index in [0.29, 0.717) is 0 Å². The SMILES string of the molecule is Cc1csc(NN=Cc2cccc(CN3CCCCCC3)c2)n1. The van der Waals surface area contributed by atoms with Crippen molar-refractivity contribution in [1.29, 1.82) is 0 Å². The fourth-order valence-corrected chi connectivity index (χ4v) is 3.53. The van der Waals surface area contributed by atoms with Crippen LogP contribution in [0.15, 0.2) is 34.7 Å². The van der Waals surface area contributed by atoms with Gasteiger partial charge in [0.1, 0.15) is 0 Å². The molecule has 1 N–H and O–H groups in total. The molecule has 3 rings (SSSR count). The van der Waals surface area contributed by atoms with Crippen molar-refractivity contribution in [2.75, 3.05) is 18.5 Å². The maximum absolute atomic E-state index is 4.33. The van der Waals surface area contributed by atoms with Gasteiger partial charge >= 0.3 is 0 Å². The van der Waals surface area contributed by atoms with Crippen LogP contribution in [0.2, 0.25) is 0 Å². The number of anilines is 1. The molecule has 5 heteroatoms. The highest BCUT2D eigenvalue weighted by Gasteiger charge is 2.09. The van der Waals surface area contributed by atoms with Crippen LogP contribution in [0.4, 0.5) is 5.13 Å². The zero-order valence-electron chi connectivity index (χ0n) is 13.7. The second-order valence-electron chi connectivity index (χ2n) is 6.10. The van der Waals surface area contributed by atoms with Gasteiger partial charge in [0.05, 0.1) is 11.9 Å². The highest BCUT2D eigenvalue weighted by Crippen LogP contribution is 2.15. The number of hydrazone groups is 1. The fourth-order valence-electron chi connectivity index (χ4n) is 2.89. The molecule has 2 aromatic rings. The topological polar surface area (TPSA) is 40.5 Å². The highest BCUT2D eigenvalue weighted by atomic mass is 32.1. The van der Waals surface area contributed by atoms with E-state index < -0.39 is 0 Å². The van der Waals surface area contributed by atoms with E-state index in [2.05, 4.69) is 44.7 Å². The molecule has 0 amide bonds. The smallest absolute Gasteiger partial charge is 0.203 e. The van der Waals surface area contributed by atoms with Crippen molar-refractivity contribution in [1.82, 2.24) is 9.88 Å². The number of nitrogens with zero attached hydrogens (tertiary/aromatic N) is 3. The Morgan fingerprint density at radius 2 is 2.09 bits per heavy atom. The summed E-state index contributed by atoms with van der Waals surface area (Å²) < 4.78 is 0. The summed E-state index contributed by atoms with van der Waals surface area (Å²) in [6.45, 7) is 5.48. The van der Waals surface area contributed by atoms with Crippen LogP contribution in [-0.2, 0) is 6.54 Å². The summed E-state index contributed by atoms with van der Waals surface area (Å²) >= 11 is 1.57. The molecule has 2 heterocycles. The maximum atomic E-state index is 4.33. The molecule has 1 saturated heterocycles. The van der Waals surface area contributed by atoms with Crippen molar-refractivity contribution in [3.8, 4) is 0 Å². The van der Waals surface area contributed by atoms with Crippen molar-refractivity contribution >= 4 is 22.7 Å². The van der Waals surface area contributed by atoms with Crippen molar-refractivity contribution in [3.05, 3.63) is 46.5 Å². The van der Waals surface area contributed by atoms with Gasteiger partial charge in [-0.2, -0.15) is 5.10 Å². The minimum atomic E-state index is 0.833. The van der Waals surface area contributed by atoms with E-state index in [1.165, 1.54) is 44.3 Å². The molecule has 0 spiro atoms. The van der Waals surface area contributed by atoms with Crippen molar-refractivity contribution < 1.29 is 0 Å². The Hall–Kier alpha value is -1.72. The first-order valence-electron chi connectivity index (χ1n) is 8.32. The molecule has 0 radical (unpaired) electrons. The van der Waals surface area contributed by atoms with Gasteiger partial charge in [0, 0.05) is 11.9 Å². The monoisotopic (exact) mass is 328 g/mol. The van der Waals surface area contributed by atoms with Gasteiger partial charge in [-0.15, -0.1) is 11.3 Å². The summed E-state index contributed by atoms with van der Waals surface area (Å²) in [6, 6.07) is 8.63. The Labute approximate surface area is 142 Å². The average molecular weight is 328 g/mol. The number of rotatable bonds is 5. The van der Waals surface area contributed by atoms with Crippen molar-refractivity contribution in [2.24, 2.45) is 5.10 Å². The Kier molecular flexibility index (Phi) is 5.77. The first-order valence-corrected chi connectivity index (χ1v) is 9.20. The summed E-state index contributed by atoms with van der Waals surface area (Å²) in [5.74, 6) is 0. The number of nitrogens with one attached hydrogen (secondary N) is 1. The molecular formula is C18H24N4S. The molecule has 1 aliphatic heterocycles. The molecular weight excluding hydrogens is 304 g/mol. The second kappa shape index (κ2) is 8.22. The number of hydrogen-bond acceptors (Lipinski definition) is 5. The van der Waals surface area contributed by atoms with Crippen LogP contribution in [0.3, 0.4) is 0 Å². The molecule has 4 nitrogen and oxygen atoms in total. The molecule has 1 fully saturated rings. The number of thiazole rings is 1. The lowest BCUT2D eigenvalue weighted by Gasteiger charge is -2.19. The molecule has 1 aromatic carbocycles. The van der Waals surface area contributed by atoms with Gasteiger partial charge in [0.15, 0.2) is 0 Å². The quantitative estimate of drug-likeness (QED) is 0.658. The Morgan fingerprint density at radius 3 is 2.83 bits per heavy atom. The Bertz CT molecular complexity index is 642. The summed E-state index contributed by atoms with van der Waals surface area (Å²) in [6.07, 6.45) is 7.29. The standard InChI is InChI=1S/C18H24N4S/c1-15-14-23-18(20-15)21-19-12-16-7-6-8-17(11-16)13-22-9-4-2-3-5-10-22/h6-8,11-12,14H,2-5,9-10,13H2,1H3,(H,20,21). The van der Waals surface area contributed by atoms with Crippen LogP contribution >= 0.6 is 11.3 Å². The molecule has 23 heavy (non-hydrogen) atoms. The van der Waals surface area contributed by atoms with Gasteiger partial charge in [0.25, 0.3) is 0 Å². The first-order chi connectivity index (χ1) is 11.3. The third-order valence-corrected chi connectivity index (χ3v) is 4.91. The van der Waals surface area contributed by atoms with E-state index in [4.69, 9.17) is 0 Å². The largest absolute Gasteiger partial charge is 0.299 e. The van der Waals surface area contributed by atoms with Gasteiger partial charge in [-0.3, -0.25) is 10.3 Å². The van der Waals surface area contributed by atoms with Crippen molar-refractivity contribution in [2.45, 2.75) is 39.2 Å². The minimum Gasteiger partial charge on any atom is -0.299 e. The van der Waals surface area contributed by atoms with E-state index in [1.54, 1.807) is 11.3 Å². The summed E-state index contributed by atoms with van der Waals surface area (Å²) in [4.78, 5) is 6.90. The van der Waals surface area contributed by atoms with Gasteiger partial charge in [-0.05, 0) is 50.0 Å². The van der Waals surface area contributed by atoms with Gasteiger partial charge in [-0.25, -0.2) is 4.98 Å². The first kappa shape index (κ1) is 16.1. The second-order valence-corrected chi connectivity index (χ2v) is 6.96. The normalized spacial score (nSPS) is 16.6. The molecule has 0 atom stereocenters. The van der Waals surface area contributed by atoms with Crippen LogP contribution in [0.1, 0.15) is 42.5 Å². The number of benzene rings is 1. The third-order valence-electron chi connectivity index (χ3n) is 4.05. The molecule has 1 aromatic heterocycles. The zero-order chi connectivity index (χ0) is 15.9. The van der Waals surface area contributed by atoms with E-state index >= 15 is 0 Å². The van der Waals surface area contributed by atoms with E-state index in [1.807, 2.05) is 18.5 Å².